The molecule has 1 unspecified atom stereocenters. The lowest BCUT2D eigenvalue weighted by Crippen LogP contribution is -1.88. The Labute approximate surface area is 100 Å². The van der Waals surface area contributed by atoms with Crippen LogP contribution in [0.15, 0.2) is 28.8 Å². The average molecular weight is 316 g/mol. The van der Waals surface area contributed by atoms with Gasteiger partial charge in [0.1, 0.15) is 4.11 Å². The molecule has 0 aliphatic rings. The molecule has 1 aromatic carbocycles. The molecule has 0 amide bonds. The quantitative estimate of drug-likeness (QED) is 0.683. The highest BCUT2D eigenvalue weighted by Crippen LogP contribution is 2.24. The second-order valence-electron chi connectivity index (χ2n) is 3.10. The van der Waals surface area contributed by atoms with Crippen LogP contribution in [-0.4, -0.2) is 15.2 Å². The number of aromatic nitrogens is 2. The molecule has 15 heavy (non-hydrogen) atoms. The number of halogens is 1. The predicted molar refractivity (Wildman–Crippen MR) is 63.5 cm³/mol. The summed E-state index contributed by atoms with van der Waals surface area (Å²) < 4.78 is 4.38. The monoisotopic (exact) mass is 316 g/mol. The first-order valence-electron chi connectivity index (χ1n) is 4.39. The minimum absolute atomic E-state index is 0.518. The van der Waals surface area contributed by atoms with Crippen LogP contribution < -0.4 is 0 Å². The molecule has 4 nitrogen and oxygen atoms in total. The van der Waals surface area contributed by atoms with E-state index in [1.807, 2.05) is 46.9 Å². The number of hydrogen-bond donors (Lipinski definition) is 1. The van der Waals surface area contributed by atoms with Crippen molar-refractivity contribution in [2.75, 3.05) is 0 Å². The fourth-order valence-corrected chi connectivity index (χ4v) is 1.63. The summed E-state index contributed by atoms with van der Waals surface area (Å²) in [5.41, 5.74) is 1.68. The van der Waals surface area contributed by atoms with Crippen LogP contribution >= 0.6 is 22.6 Å². The summed E-state index contributed by atoms with van der Waals surface area (Å²) in [6.07, 6.45) is 0. The van der Waals surface area contributed by atoms with Gasteiger partial charge in [-0.15, -0.1) is 0 Å². The van der Waals surface area contributed by atoms with Gasteiger partial charge in [-0.05, 0) is 34.2 Å². The lowest BCUT2D eigenvalue weighted by Gasteiger charge is -2.03. The number of aliphatic hydroxyl groups excluding tert-OH is 1. The molecule has 2 aromatic rings. The van der Waals surface area contributed by atoms with Crippen molar-refractivity contribution in [3.05, 3.63) is 35.7 Å². The van der Waals surface area contributed by atoms with Crippen molar-refractivity contribution in [1.29, 1.82) is 0 Å². The summed E-state index contributed by atoms with van der Waals surface area (Å²) in [7, 11) is 0. The van der Waals surface area contributed by atoms with Gasteiger partial charge in [-0.25, -0.2) is 0 Å². The Morgan fingerprint density at radius 1 is 1.47 bits per heavy atom. The topological polar surface area (TPSA) is 59.2 Å². The molecule has 0 spiro atoms. The Balaban J connectivity index is 2.41. The van der Waals surface area contributed by atoms with Crippen molar-refractivity contribution in [1.82, 2.24) is 10.1 Å². The maximum Gasteiger partial charge on any atom is 0.223 e. The molecule has 0 radical (unpaired) electrons. The van der Waals surface area contributed by atoms with Crippen LogP contribution in [-0.2, 0) is 0 Å². The third-order valence-electron chi connectivity index (χ3n) is 1.95. The highest BCUT2D eigenvalue weighted by molar-refractivity contribution is 14.1. The van der Waals surface area contributed by atoms with Crippen LogP contribution in [0.1, 0.15) is 15.6 Å². The van der Waals surface area contributed by atoms with Crippen LogP contribution in [0.5, 0.6) is 0 Å². The van der Waals surface area contributed by atoms with E-state index < -0.39 is 4.11 Å². The first-order valence-corrected chi connectivity index (χ1v) is 5.64. The molecule has 1 atom stereocenters. The molecule has 1 N–H and O–H groups in total. The molecule has 0 aliphatic heterocycles. The van der Waals surface area contributed by atoms with Gasteiger partial charge in [0.25, 0.3) is 0 Å². The summed E-state index contributed by atoms with van der Waals surface area (Å²) in [6, 6.07) is 7.44. The molecule has 2 rings (SSSR count). The van der Waals surface area contributed by atoms with Crippen LogP contribution in [0.2, 0.25) is 0 Å². The Morgan fingerprint density at radius 2 is 2.27 bits per heavy atom. The van der Waals surface area contributed by atoms with Gasteiger partial charge in [0, 0.05) is 12.5 Å². The molecule has 0 aliphatic carbocycles. The molecule has 5 heteroatoms. The number of rotatable bonds is 2. The Kier molecular flexibility index (Phi) is 3.01. The molecule has 0 fully saturated rings. The SMILES string of the molecule is Cc1nc(-c2cccc(C(O)I)c2)no1. The van der Waals surface area contributed by atoms with Gasteiger partial charge >= 0.3 is 0 Å². The van der Waals surface area contributed by atoms with Gasteiger partial charge in [-0.3, -0.25) is 0 Å². The largest absolute Gasteiger partial charge is 0.378 e. The van der Waals surface area contributed by atoms with Gasteiger partial charge in [-0.1, -0.05) is 23.4 Å². The molecule has 0 saturated heterocycles. The van der Waals surface area contributed by atoms with E-state index in [0.717, 1.165) is 11.1 Å². The Bertz CT molecular complexity index is 468. The number of aryl methyl sites for hydroxylation is 1. The third-order valence-corrected chi connectivity index (χ3v) is 2.67. The highest BCUT2D eigenvalue weighted by atomic mass is 127. The number of benzene rings is 1. The van der Waals surface area contributed by atoms with E-state index in [4.69, 9.17) is 4.52 Å². The van der Waals surface area contributed by atoms with Crippen molar-refractivity contribution in [2.45, 2.75) is 11.0 Å². The number of nitrogens with zero attached hydrogens (tertiary/aromatic N) is 2. The van der Waals surface area contributed by atoms with E-state index in [1.54, 1.807) is 6.92 Å². The zero-order chi connectivity index (χ0) is 10.8. The third kappa shape index (κ3) is 2.35. The molecule has 1 aromatic heterocycles. The van der Waals surface area contributed by atoms with Crippen LogP contribution in [0.3, 0.4) is 0 Å². The average Bonchev–Trinajstić information content (AvgIpc) is 2.65. The van der Waals surface area contributed by atoms with Crippen LogP contribution in [0, 0.1) is 6.92 Å². The second kappa shape index (κ2) is 4.28. The maximum absolute atomic E-state index is 9.42. The van der Waals surface area contributed by atoms with Crippen LogP contribution in [0.4, 0.5) is 0 Å². The summed E-state index contributed by atoms with van der Waals surface area (Å²) >= 11 is 1.94. The van der Waals surface area contributed by atoms with Gasteiger partial charge < -0.3 is 9.63 Å². The predicted octanol–water partition coefficient (Wildman–Crippen LogP) is 2.47. The van der Waals surface area contributed by atoms with Gasteiger partial charge in [-0.2, -0.15) is 4.98 Å². The smallest absolute Gasteiger partial charge is 0.223 e. The summed E-state index contributed by atoms with van der Waals surface area (Å²) in [5.74, 6) is 1.08. The van der Waals surface area contributed by atoms with Crippen molar-refractivity contribution in [3.63, 3.8) is 0 Å². The normalized spacial score (nSPS) is 12.7. The number of aliphatic hydroxyl groups is 1. The van der Waals surface area contributed by atoms with E-state index in [9.17, 15) is 5.11 Å². The molecule has 78 valence electrons. The zero-order valence-electron chi connectivity index (χ0n) is 8.01. The van der Waals surface area contributed by atoms with E-state index in [1.165, 1.54) is 0 Å². The lowest BCUT2D eigenvalue weighted by molar-refractivity contribution is 0.286. The summed E-state index contributed by atoms with van der Waals surface area (Å²) in [5, 5.41) is 13.2. The fourth-order valence-electron chi connectivity index (χ4n) is 1.24. The van der Waals surface area contributed by atoms with Gasteiger partial charge in [0.05, 0.1) is 0 Å². The molecular formula is C10H9IN2O2. The van der Waals surface area contributed by atoms with E-state index in [-0.39, 0.29) is 0 Å². The van der Waals surface area contributed by atoms with E-state index >= 15 is 0 Å². The summed E-state index contributed by atoms with van der Waals surface area (Å²) in [4.78, 5) is 4.12. The molecule has 0 saturated carbocycles. The minimum atomic E-state index is -0.518. The number of alkyl halides is 1. The highest BCUT2D eigenvalue weighted by Gasteiger charge is 2.08. The molecule has 0 bridgehead atoms. The van der Waals surface area contributed by atoms with E-state index in [0.29, 0.717) is 11.7 Å². The first-order chi connectivity index (χ1) is 7.16. The van der Waals surface area contributed by atoms with Gasteiger partial charge in [0.15, 0.2) is 0 Å². The second-order valence-corrected chi connectivity index (χ2v) is 4.28. The first kappa shape index (κ1) is 10.6. The van der Waals surface area contributed by atoms with Crippen molar-refractivity contribution >= 4 is 22.6 Å². The van der Waals surface area contributed by atoms with E-state index in [2.05, 4.69) is 10.1 Å². The maximum atomic E-state index is 9.42. The fraction of sp³-hybridized carbons (Fsp3) is 0.200. The van der Waals surface area contributed by atoms with Crippen LogP contribution in [0.25, 0.3) is 11.4 Å². The molecular weight excluding hydrogens is 307 g/mol. The van der Waals surface area contributed by atoms with Crippen molar-refractivity contribution in [3.8, 4) is 11.4 Å². The van der Waals surface area contributed by atoms with Crippen molar-refractivity contribution in [2.24, 2.45) is 0 Å². The lowest BCUT2D eigenvalue weighted by atomic mass is 10.1. The zero-order valence-corrected chi connectivity index (χ0v) is 10.2. The Morgan fingerprint density at radius 3 is 2.87 bits per heavy atom. The Hall–Kier alpha value is -0.950. The summed E-state index contributed by atoms with van der Waals surface area (Å²) in [6.45, 7) is 1.74. The number of hydrogen-bond acceptors (Lipinski definition) is 4. The van der Waals surface area contributed by atoms with Crippen molar-refractivity contribution < 1.29 is 9.63 Å². The molecule has 1 heterocycles. The standard InChI is InChI=1S/C10H9IN2O2/c1-6-12-10(13-15-6)8-4-2-3-7(5-8)9(11)14/h2-5,9,14H,1H3. The minimum Gasteiger partial charge on any atom is -0.378 e. The van der Waals surface area contributed by atoms with Gasteiger partial charge in [0.2, 0.25) is 11.7 Å².